The van der Waals surface area contributed by atoms with Gasteiger partial charge >= 0.3 is 5.97 Å². The van der Waals surface area contributed by atoms with Gasteiger partial charge in [-0.1, -0.05) is 27.5 Å². The first-order chi connectivity index (χ1) is 11.8. The maximum absolute atomic E-state index is 11.1. The fraction of sp³-hybridized carbons (Fsp3) is 0. The lowest BCUT2D eigenvalue weighted by Gasteiger charge is -2.04. The SMILES string of the molecule is C#Cc1cc(SSc2ccc([N+](=O)[O-])c(C(=O)O)c2)ccc1[N+](=O)[O-]. The van der Waals surface area contributed by atoms with Crippen molar-refractivity contribution in [1.82, 2.24) is 0 Å². The Hall–Kier alpha value is -3.03. The summed E-state index contributed by atoms with van der Waals surface area (Å²) in [6.07, 6.45) is 5.26. The van der Waals surface area contributed by atoms with E-state index in [-0.39, 0.29) is 11.3 Å². The van der Waals surface area contributed by atoms with Gasteiger partial charge in [0, 0.05) is 21.9 Å². The van der Waals surface area contributed by atoms with Crippen LogP contribution in [-0.2, 0) is 0 Å². The summed E-state index contributed by atoms with van der Waals surface area (Å²) in [5.74, 6) is 0.844. The van der Waals surface area contributed by atoms with E-state index in [2.05, 4.69) is 5.92 Å². The van der Waals surface area contributed by atoms with Crippen molar-refractivity contribution < 1.29 is 19.7 Å². The van der Waals surface area contributed by atoms with Crippen molar-refractivity contribution in [3.05, 3.63) is 67.8 Å². The van der Waals surface area contributed by atoms with Crippen molar-refractivity contribution in [2.75, 3.05) is 0 Å². The Morgan fingerprint density at radius 3 is 2.00 bits per heavy atom. The topological polar surface area (TPSA) is 124 Å². The lowest BCUT2D eigenvalue weighted by molar-refractivity contribution is -0.385. The van der Waals surface area contributed by atoms with Crippen LogP contribution in [0.4, 0.5) is 11.4 Å². The Kier molecular flexibility index (Phi) is 5.63. The molecule has 126 valence electrons. The number of carbonyl (C=O) groups is 1. The fourth-order valence-corrected chi connectivity index (χ4v) is 3.81. The van der Waals surface area contributed by atoms with E-state index in [0.29, 0.717) is 9.79 Å². The molecule has 2 aromatic carbocycles. The van der Waals surface area contributed by atoms with Gasteiger partial charge < -0.3 is 5.11 Å². The number of benzene rings is 2. The summed E-state index contributed by atoms with van der Waals surface area (Å²) in [5, 5.41) is 30.7. The quantitative estimate of drug-likeness (QED) is 0.347. The molecule has 0 saturated heterocycles. The van der Waals surface area contributed by atoms with Gasteiger partial charge in [0.2, 0.25) is 0 Å². The van der Waals surface area contributed by atoms with Crippen molar-refractivity contribution in [3.8, 4) is 12.3 Å². The molecule has 25 heavy (non-hydrogen) atoms. The Bertz CT molecular complexity index is 923. The van der Waals surface area contributed by atoms with E-state index in [1.807, 2.05) is 0 Å². The summed E-state index contributed by atoms with van der Waals surface area (Å²) in [6, 6.07) is 8.02. The van der Waals surface area contributed by atoms with Crippen molar-refractivity contribution in [1.29, 1.82) is 0 Å². The molecule has 10 heteroatoms. The Morgan fingerprint density at radius 1 is 1.00 bits per heavy atom. The van der Waals surface area contributed by atoms with Crippen molar-refractivity contribution >= 4 is 38.9 Å². The predicted octanol–water partition coefficient (Wildman–Crippen LogP) is 3.98. The minimum Gasteiger partial charge on any atom is -0.477 e. The lowest BCUT2D eigenvalue weighted by Crippen LogP contribution is -2.02. The summed E-state index contributed by atoms with van der Waals surface area (Å²) >= 11 is 0. The highest BCUT2D eigenvalue weighted by Gasteiger charge is 2.20. The highest BCUT2D eigenvalue weighted by Crippen LogP contribution is 2.40. The number of aromatic carboxylic acids is 1. The molecule has 0 aliphatic heterocycles. The zero-order valence-corrected chi connectivity index (χ0v) is 13.9. The van der Waals surface area contributed by atoms with Crippen LogP contribution in [0.5, 0.6) is 0 Å². The third kappa shape index (κ3) is 4.28. The molecule has 2 rings (SSSR count). The van der Waals surface area contributed by atoms with Crippen LogP contribution in [0.1, 0.15) is 15.9 Å². The van der Waals surface area contributed by atoms with Crippen molar-refractivity contribution in [2.45, 2.75) is 9.79 Å². The first-order valence-electron chi connectivity index (χ1n) is 6.44. The molecule has 0 saturated carbocycles. The van der Waals surface area contributed by atoms with Crippen LogP contribution >= 0.6 is 21.6 Å². The van der Waals surface area contributed by atoms with Crippen LogP contribution in [0.2, 0.25) is 0 Å². The molecule has 0 unspecified atom stereocenters. The second kappa shape index (κ2) is 7.69. The molecule has 0 aliphatic carbocycles. The summed E-state index contributed by atoms with van der Waals surface area (Å²) in [6.45, 7) is 0. The first-order valence-corrected chi connectivity index (χ1v) is 8.59. The molecule has 0 radical (unpaired) electrons. The van der Waals surface area contributed by atoms with Gasteiger partial charge in [0.1, 0.15) is 11.1 Å². The maximum atomic E-state index is 11.1. The third-order valence-electron chi connectivity index (χ3n) is 2.95. The number of hydrogen-bond acceptors (Lipinski definition) is 7. The average molecular weight is 376 g/mol. The average Bonchev–Trinajstić information content (AvgIpc) is 2.58. The van der Waals surface area contributed by atoms with Gasteiger partial charge in [0.05, 0.1) is 9.85 Å². The first kappa shape index (κ1) is 18.3. The summed E-state index contributed by atoms with van der Waals surface area (Å²) in [4.78, 5) is 32.6. The van der Waals surface area contributed by atoms with E-state index in [1.165, 1.54) is 41.1 Å². The Morgan fingerprint density at radius 2 is 1.52 bits per heavy atom. The predicted molar refractivity (Wildman–Crippen MR) is 92.8 cm³/mol. The molecule has 2 aromatic rings. The number of nitrogens with zero attached hydrogens (tertiary/aromatic N) is 2. The minimum absolute atomic E-state index is 0.130. The second-order valence-electron chi connectivity index (χ2n) is 4.49. The summed E-state index contributed by atoms with van der Waals surface area (Å²) < 4.78 is 0. The molecular formula is C15H8N2O6S2. The number of carboxylic acids is 1. The third-order valence-corrected chi connectivity index (χ3v) is 5.33. The van der Waals surface area contributed by atoms with Gasteiger partial charge in [-0.3, -0.25) is 20.2 Å². The van der Waals surface area contributed by atoms with E-state index in [9.17, 15) is 25.0 Å². The molecule has 0 aromatic heterocycles. The van der Waals surface area contributed by atoms with Crippen LogP contribution in [0.15, 0.2) is 46.2 Å². The van der Waals surface area contributed by atoms with Gasteiger partial charge in [-0.05, 0) is 24.3 Å². The van der Waals surface area contributed by atoms with Gasteiger partial charge in [-0.15, -0.1) is 6.42 Å². The molecule has 0 bridgehead atoms. The molecule has 0 atom stereocenters. The van der Waals surface area contributed by atoms with Crippen LogP contribution in [0, 0.1) is 32.6 Å². The molecular weight excluding hydrogens is 368 g/mol. The number of hydrogen-bond donors (Lipinski definition) is 1. The number of terminal acetylenes is 1. The largest absolute Gasteiger partial charge is 0.477 e. The highest BCUT2D eigenvalue weighted by molar-refractivity contribution is 8.76. The van der Waals surface area contributed by atoms with E-state index in [1.54, 1.807) is 0 Å². The molecule has 0 aliphatic rings. The molecule has 8 nitrogen and oxygen atoms in total. The monoisotopic (exact) mass is 376 g/mol. The van der Waals surface area contributed by atoms with E-state index >= 15 is 0 Å². The van der Waals surface area contributed by atoms with E-state index < -0.39 is 27.1 Å². The second-order valence-corrected chi connectivity index (χ2v) is 6.76. The highest BCUT2D eigenvalue weighted by atomic mass is 33.1. The minimum atomic E-state index is -1.40. The van der Waals surface area contributed by atoms with Crippen LogP contribution in [0.3, 0.4) is 0 Å². The maximum Gasteiger partial charge on any atom is 0.342 e. The van der Waals surface area contributed by atoms with Gasteiger partial charge in [0.25, 0.3) is 11.4 Å². The fourth-order valence-electron chi connectivity index (χ4n) is 1.84. The lowest BCUT2D eigenvalue weighted by atomic mass is 10.2. The Balaban J connectivity index is 2.23. The number of nitro benzene ring substituents is 2. The molecule has 0 spiro atoms. The van der Waals surface area contributed by atoms with E-state index in [4.69, 9.17) is 11.5 Å². The summed E-state index contributed by atoms with van der Waals surface area (Å²) in [5.41, 5.74) is -0.957. The van der Waals surface area contributed by atoms with Crippen LogP contribution in [-0.4, -0.2) is 20.9 Å². The van der Waals surface area contributed by atoms with Crippen molar-refractivity contribution in [3.63, 3.8) is 0 Å². The Labute approximate surface area is 148 Å². The van der Waals surface area contributed by atoms with Crippen LogP contribution in [0.25, 0.3) is 0 Å². The van der Waals surface area contributed by atoms with Crippen molar-refractivity contribution in [2.24, 2.45) is 0 Å². The van der Waals surface area contributed by atoms with Gasteiger partial charge in [-0.25, -0.2) is 4.79 Å². The zero-order chi connectivity index (χ0) is 18.6. The van der Waals surface area contributed by atoms with Gasteiger partial charge in [-0.2, -0.15) is 0 Å². The number of rotatable bonds is 6. The summed E-state index contributed by atoms with van der Waals surface area (Å²) in [7, 11) is 2.35. The number of carboxylic acid groups (broad SMARTS) is 1. The molecule has 0 amide bonds. The van der Waals surface area contributed by atoms with Crippen LogP contribution < -0.4 is 0 Å². The zero-order valence-electron chi connectivity index (χ0n) is 12.2. The molecule has 1 N–H and O–H groups in total. The number of nitro groups is 2. The molecule has 0 fully saturated rings. The van der Waals surface area contributed by atoms with Gasteiger partial charge in [0.15, 0.2) is 0 Å². The van der Waals surface area contributed by atoms with E-state index in [0.717, 1.165) is 16.9 Å². The smallest absolute Gasteiger partial charge is 0.342 e. The molecule has 0 heterocycles. The normalized spacial score (nSPS) is 10.0. The standard InChI is InChI=1S/C15H8N2O6S2/c1-2-9-7-10(3-5-13(9)16(20)21)24-25-11-4-6-14(17(22)23)12(8-11)15(18)19/h1,3-8H,(H,18,19).